The number of rotatable bonds is 7. The van der Waals surface area contributed by atoms with E-state index in [0.717, 1.165) is 6.42 Å². The number of ether oxygens (including phenoxy) is 1. The summed E-state index contributed by atoms with van der Waals surface area (Å²) in [6, 6.07) is 23.7. The number of aryl methyl sites for hydroxylation is 1. The average Bonchev–Trinajstić information content (AvgIpc) is 2.75. The third-order valence-corrected chi connectivity index (χ3v) is 4.47. The SMILES string of the molecule is CCc1ccc(NC(=O)[C@H](C)Oc2ccccc2C(=O)Nc2ccccc2)cc1. The quantitative estimate of drug-likeness (QED) is 0.604. The van der Waals surface area contributed by atoms with Crippen molar-refractivity contribution in [1.82, 2.24) is 0 Å². The smallest absolute Gasteiger partial charge is 0.265 e. The monoisotopic (exact) mass is 388 g/mol. The van der Waals surface area contributed by atoms with E-state index in [1.165, 1.54) is 5.56 Å². The molecule has 0 bridgehead atoms. The van der Waals surface area contributed by atoms with E-state index in [1.807, 2.05) is 42.5 Å². The summed E-state index contributed by atoms with van der Waals surface area (Å²) in [6.45, 7) is 3.73. The molecular weight excluding hydrogens is 364 g/mol. The molecule has 0 spiro atoms. The summed E-state index contributed by atoms with van der Waals surface area (Å²) >= 11 is 0. The summed E-state index contributed by atoms with van der Waals surface area (Å²) in [5, 5.41) is 5.67. The highest BCUT2D eigenvalue weighted by Gasteiger charge is 2.19. The largest absolute Gasteiger partial charge is 0.480 e. The fourth-order valence-electron chi connectivity index (χ4n) is 2.79. The Bertz CT molecular complexity index is 969. The van der Waals surface area contributed by atoms with Gasteiger partial charge in [0.15, 0.2) is 6.10 Å². The molecule has 0 aliphatic rings. The zero-order chi connectivity index (χ0) is 20.6. The fraction of sp³-hybridized carbons (Fsp3) is 0.167. The highest BCUT2D eigenvalue weighted by atomic mass is 16.5. The summed E-state index contributed by atoms with van der Waals surface area (Å²) in [5.74, 6) is -0.230. The summed E-state index contributed by atoms with van der Waals surface area (Å²) in [7, 11) is 0. The molecule has 1 atom stereocenters. The van der Waals surface area contributed by atoms with E-state index in [2.05, 4.69) is 17.6 Å². The molecule has 148 valence electrons. The van der Waals surface area contributed by atoms with Crippen LogP contribution in [0.25, 0.3) is 0 Å². The Morgan fingerprint density at radius 2 is 1.45 bits per heavy atom. The predicted octanol–water partition coefficient (Wildman–Crippen LogP) is 4.91. The molecule has 5 heteroatoms. The lowest BCUT2D eigenvalue weighted by molar-refractivity contribution is -0.122. The Morgan fingerprint density at radius 3 is 2.14 bits per heavy atom. The first-order valence-electron chi connectivity index (χ1n) is 9.58. The second kappa shape index (κ2) is 9.55. The standard InChI is InChI=1S/C24H24N2O3/c1-3-18-13-15-20(16-14-18)25-23(27)17(2)29-22-12-8-7-11-21(22)24(28)26-19-9-5-4-6-10-19/h4-17H,3H2,1-2H3,(H,25,27)(H,26,28)/t17-/m0/s1. The van der Waals surface area contributed by atoms with Gasteiger partial charge in [-0.05, 0) is 55.3 Å². The summed E-state index contributed by atoms with van der Waals surface area (Å²) in [6.07, 6.45) is 0.168. The van der Waals surface area contributed by atoms with Crippen molar-refractivity contribution in [3.8, 4) is 5.75 Å². The molecule has 2 amide bonds. The number of hydrogen-bond donors (Lipinski definition) is 2. The highest BCUT2D eigenvalue weighted by Crippen LogP contribution is 2.21. The lowest BCUT2D eigenvalue weighted by Crippen LogP contribution is -2.30. The van der Waals surface area contributed by atoms with Crippen molar-refractivity contribution >= 4 is 23.2 Å². The molecule has 0 unspecified atom stereocenters. The molecule has 0 radical (unpaired) electrons. The van der Waals surface area contributed by atoms with Crippen LogP contribution in [-0.4, -0.2) is 17.9 Å². The Balaban J connectivity index is 1.67. The van der Waals surface area contributed by atoms with Crippen molar-refractivity contribution in [2.45, 2.75) is 26.4 Å². The van der Waals surface area contributed by atoms with E-state index in [4.69, 9.17) is 4.74 Å². The minimum atomic E-state index is -0.772. The van der Waals surface area contributed by atoms with Crippen molar-refractivity contribution in [3.05, 3.63) is 90.0 Å². The Morgan fingerprint density at radius 1 is 0.828 bits per heavy atom. The number of hydrogen-bond acceptors (Lipinski definition) is 3. The van der Waals surface area contributed by atoms with Gasteiger partial charge in [-0.25, -0.2) is 0 Å². The lowest BCUT2D eigenvalue weighted by Gasteiger charge is -2.17. The topological polar surface area (TPSA) is 67.4 Å². The first-order valence-corrected chi connectivity index (χ1v) is 9.58. The van der Waals surface area contributed by atoms with Crippen molar-refractivity contribution in [2.75, 3.05) is 10.6 Å². The molecule has 29 heavy (non-hydrogen) atoms. The van der Waals surface area contributed by atoms with E-state index >= 15 is 0 Å². The van der Waals surface area contributed by atoms with Crippen LogP contribution in [0.15, 0.2) is 78.9 Å². The van der Waals surface area contributed by atoms with Gasteiger partial charge in [0, 0.05) is 11.4 Å². The molecule has 3 rings (SSSR count). The van der Waals surface area contributed by atoms with Crippen molar-refractivity contribution < 1.29 is 14.3 Å². The summed E-state index contributed by atoms with van der Waals surface area (Å²) in [5.41, 5.74) is 2.96. The maximum atomic E-state index is 12.6. The van der Waals surface area contributed by atoms with Crippen molar-refractivity contribution in [1.29, 1.82) is 0 Å². The molecule has 0 fully saturated rings. The molecule has 0 heterocycles. The van der Waals surface area contributed by atoms with Gasteiger partial charge < -0.3 is 15.4 Å². The van der Waals surface area contributed by atoms with E-state index in [-0.39, 0.29) is 11.8 Å². The predicted molar refractivity (Wildman–Crippen MR) is 115 cm³/mol. The molecule has 0 aliphatic heterocycles. The van der Waals surface area contributed by atoms with Gasteiger partial charge in [-0.15, -0.1) is 0 Å². The summed E-state index contributed by atoms with van der Waals surface area (Å²) in [4.78, 5) is 25.2. The third kappa shape index (κ3) is 5.45. The minimum Gasteiger partial charge on any atom is -0.480 e. The maximum absolute atomic E-state index is 12.6. The van der Waals surface area contributed by atoms with E-state index in [1.54, 1.807) is 43.3 Å². The Hall–Kier alpha value is -3.60. The van der Waals surface area contributed by atoms with Gasteiger partial charge >= 0.3 is 0 Å². The van der Waals surface area contributed by atoms with Crippen LogP contribution in [0.5, 0.6) is 5.75 Å². The molecular formula is C24H24N2O3. The number of para-hydroxylation sites is 2. The van der Waals surface area contributed by atoms with Crippen LogP contribution in [-0.2, 0) is 11.2 Å². The van der Waals surface area contributed by atoms with Gasteiger partial charge in [-0.2, -0.15) is 0 Å². The van der Waals surface area contributed by atoms with E-state index < -0.39 is 6.10 Å². The van der Waals surface area contributed by atoms with Crippen LogP contribution in [0.3, 0.4) is 0 Å². The number of amides is 2. The molecule has 0 saturated heterocycles. The number of benzene rings is 3. The normalized spacial score (nSPS) is 11.4. The molecule has 2 N–H and O–H groups in total. The van der Waals surface area contributed by atoms with Gasteiger partial charge in [0.2, 0.25) is 0 Å². The molecule has 0 aromatic heterocycles. The Labute approximate surface area is 170 Å². The van der Waals surface area contributed by atoms with Crippen LogP contribution >= 0.6 is 0 Å². The number of carbonyl (C=O) groups excluding carboxylic acids is 2. The van der Waals surface area contributed by atoms with Crippen LogP contribution in [0.1, 0.15) is 29.8 Å². The van der Waals surface area contributed by atoms with Crippen molar-refractivity contribution in [2.24, 2.45) is 0 Å². The van der Waals surface area contributed by atoms with Gasteiger partial charge in [-0.3, -0.25) is 9.59 Å². The Kier molecular flexibility index (Phi) is 6.63. The van der Waals surface area contributed by atoms with Gasteiger partial charge in [-0.1, -0.05) is 49.4 Å². The number of anilines is 2. The zero-order valence-corrected chi connectivity index (χ0v) is 16.5. The van der Waals surface area contributed by atoms with E-state index in [0.29, 0.717) is 22.7 Å². The third-order valence-electron chi connectivity index (χ3n) is 4.47. The fourth-order valence-corrected chi connectivity index (χ4v) is 2.79. The van der Waals surface area contributed by atoms with Crippen LogP contribution in [0, 0.1) is 0 Å². The van der Waals surface area contributed by atoms with Crippen LogP contribution in [0.2, 0.25) is 0 Å². The molecule has 0 saturated carbocycles. The van der Waals surface area contributed by atoms with Gasteiger partial charge in [0.25, 0.3) is 11.8 Å². The average molecular weight is 388 g/mol. The second-order valence-electron chi connectivity index (χ2n) is 6.62. The van der Waals surface area contributed by atoms with Crippen LogP contribution in [0.4, 0.5) is 11.4 Å². The van der Waals surface area contributed by atoms with Gasteiger partial charge in [0.1, 0.15) is 5.75 Å². The lowest BCUT2D eigenvalue weighted by atomic mass is 10.1. The molecule has 5 nitrogen and oxygen atoms in total. The number of nitrogens with one attached hydrogen (secondary N) is 2. The zero-order valence-electron chi connectivity index (χ0n) is 16.5. The highest BCUT2D eigenvalue weighted by molar-refractivity contribution is 6.06. The molecule has 3 aromatic carbocycles. The molecule has 3 aromatic rings. The summed E-state index contributed by atoms with van der Waals surface area (Å²) < 4.78 is 5.81. The maximum Gasteiger partial charge on any atom is 0.265 e. The minimum absolute atomic E-state index is 0.285. The molecule has 0 aliphatic carbocycles. The first kappa shape index (κ1) is 20.1. The second-order valence-corrected chi connectivity index (χ2v) is 6.62. The van der Waals surface area contributed by atoms with Crippen molar-refractivity contribution in [3.63, 3.8) is 0 Å². The van der Waals surface area contributed by atoms with Gasteiger partial charge in [0.05, 0.1) is 5.56 Å². The van der Waals surface area contributed by atoms with Crippen LogP contribution < -0.4 is 15.4 Å². The number of carbonyl (C=O) groups is 2. The first-order chi connectivity index (χ1) is 14.1. The van der Waals surface area contributed by atoms with E-state index in [9.17, 15) is 9.59 Å².